The molecule has 1 heteroatoms. The van der Waals surface area contributed by atoms with E-state index in [9.17, 15) is 0 Å². The summed E-state index contributed by atoms with van der Waals surface area (Å²) in [5, 5.41) is 0. The van der Waals surface area contributed by atoms with E-state index in [-0.39, 0.29) is 18.6 Å². The van der Waals surface area contributed by atoms with Gasteiger partial charge in [0.25, 0.3) is 0 Å². The second kappa shape index (κ2) is 6.92. The molecule has 0 saturated heterocycles. The van der Waals surface area contributed by atoms with Gasteiger partial charge < -0.3 is 0 Å². The molecule has 1 radical (unpaired) electrons. The Balaban J connectivity index is 0.000000245. The minimum absolute atomic E-state index is 0. The molecule has 0 aromatic heterocycles. The second-order valence-electron chi connectivity index (χ2n) is 4.14. The maximum Gasteiger partial charge on any atom is 0 e. The van der Waals surface area contributed by atoms with Gasteiger partial charge >= 0.3 is 0 Å². The Kier molecular flexibility index (Phi) is 6.71. The van der Waals surface area contributed by atoms with E-state index in [0.29, 0.717) is 0 Å². The fourth-order valence-electron chi connectivity index (χ4n) is 1.43. The summed E-state index contributed by atoms with van der Waals surface area (Å²) in [6, 6.07) is 0. The van der Waals surface area contributed by atoms with Crippen molar-refractivity contribution in [1.82, 2.24) is 0 Å². The van der Waals surface area contributed by atoms with Crippen LogP contribution in [-0.4, -0.2) is 0 Å². The first-order chi connectivity index (χ1) is 6.61. The SMILES string of the molecule is CC1=C(C)CC=C1.CC1=C(C)CC=C1.[V]. The Labute approximate surface area is 106 Å². The van der Waals surface area contributed by atoms with Crippen molar-refractivity contribution in [3.05, 3.63) is 46.6 Å². The molecular weight excluding hydrogens is 219 g/mol. The number of hydrogen-bond donors (Lipinski definition) is 0. The van der Waals surface area contributed by atoms with E-state index in [4.69, 9.17) is 0 Å². The number of hydrogen-bond acceptors (Lipinski definition) is 0. The Morgan fingerprint density at radius 3 is 1.13 bits per heavy atom. The van der Waals surface area contributed by atoms with Crippen LogP contribution < -0.4 is 0 Å². The van der Waals surface area contributed by atoms with Crippen LogP contribution in [0.15, 0.2) is 46.6 Å². The van der Waals surface area contributed by atoms with Crippen molar-refractivity contribution in [2.24, 2.45) is 0 Å². The third-order valence-electron chi connectivity index (χ3n) is 2.93. The van der Waals surface area contributed by atoms with E-state index >= 15 is 0 Å². The van der Waals surface area contributed by atoms with Gasteiger partial charge in [0.05, 0.1) is 0 Å². The topological polar surface area (TPSA) is 0 Å². The quantitative estimate of drug-likeness (QED) is 0.581. The average molecular weight is 239 g/mol. The van der Waals surface area contributed by atoms with Crippen molar-refractivity contribution in [3.63, 3.8) is 0 Å². The Morgan fingerprint density at radius 2 is 1.07 bits per heavy atom. The van der Waals surface area contributed by atoms with Crippen molar-refractivity contribution < 1.29 is 18.6 Å². The van der Waals surface area contributed by atoms with Crippen molar-refractivity contribution >= 4 is 0 Å². The van der Waals surface area contributed by atoms with Crippen LogP contribution in [0.3, 0.4) is 0 Å². The van der Waals surface area contributed by atoms with Crippen molar-refractivity contribution in [2.45, 2.75) is 40.5 Å². The van der Waals surface area contributed by atoms with Crippen molar-refractivity contribution in [1.29, 1.82) is 0 Å². The first-order valence-corrected chi connectivity index (χ1v) is 5.27. The number of rotatable bonds is 0. The van der Waals surface area contributed by atoms with Gasteiger partial charge in [0.1, 0.15) is 0 Å². The molecule has 0 atom stereocenters. The molecule has 0 N–H and O–H groups in total. The maximum atomic E-state index is 2.20. The third-order valence-corrected chi connectivity index (χ3v) is 2.93. The molecule has 0 bridgehead atoms. The zero-order valence-electron chi connectivity index (χ0n) is 10.2. The summed E-state index contributed by atoms with van der Waals surface area (Å²) in [6.45, 7) is 8.66. The Hall–Kier alpha value is -0.456. The summed E-state index contributed by atoms with van der Waals surface area (Å²) >= 11 is 0. The molecular formula is C14H20V. The van der Waals surface area contributed by atoms with Crippen LogP contribution in [0.2, 0.25) is 0 Å². The molecule has 0 spiro atoms. The standard InChI is InChI=1S/2C7H10.V/c2*1-6-4-3-5-7(6)2;/h2*3-4H,5H2,1-2H3;. The second-order valence-corrected chi connectivity index (χ2v) is 4.14. The first-order valence-electron chi connectivity index (χ1n) is 5.27. The monoisotopic (exact) mass is 239 g/mol. The molecule has 0 heterocycles. The van der Waals surface area contributed by atoms with Crippen LogP contribution in [-0.2, 0) is 18.6 Å². The molecule has 0 aliphatic heterocycles. The van der Waals surface area contributed by atoms with Crippen molar-refractivity contribution in [3.8, 4) is 0 Å². The van der Waals surface area contributed by atoms with E-state index in [1.54, 1.807) is 0 Å². The molecule has 0 saturated carbocycles. The van der Waals surface area contributed by atoms with Gasteiger partial charge in [-0.15, -0.1) is 0 Å². The summed E-state index contributed by atoms with van der Waals surface area (Å²) in [7, 11) is 0. The summed E-state index contributed by atoms with van der Waals surface area (Å²) in [5.74, 6) is 0. The summed E-state index contributed by atoms with van der Waals surface area (Å²) in [6.07, 6.45) is 11.1. The van der Waals surface area contributed by atoms with E-state index in [1.165, 1.54) is 35.1 Å². The van der Waals surface area contributed by atoms with E-state index in [0.717, 1.165) is 0 Å². The van der Waals surface area contributed by atoms with Crippen LogP contribution >= 0.6 is 0 Å². The van der Waals surface area contributed by atoms with Gasteiger partial charge in [-0.25, -0.2) is 0 Å². The predicted octanol–water partition coefficient (Wildman–Crippen LogP) is 4.56. The van der Waals surface area contributed by atoms with E-state index in [2.05, 4.69) is 52.0 Å². The molecule has 0 aromatic rings. The van der Waals surface area contributed by atoms with Gasteiger partial charge in [-0.2, -0.15) is 0 Å². The molecule has 15 heavy (non-hydrogen) atoms. The van der Waals surface area contributed by atoms with Crippen LogP contribution in [0.4, 0.5) is 0 Å². The molecule has 0 amide bonds. The zero-order valence-corrected chi connectivity index (χ0v) is 11.6. The molecule has 2 aliphatic carbocycles. The fraction of sp³-hybridized carbons (Fsp3) is 0.429. The first kappa shape index (κ1) is 14.5. The third kappa shape index (κ3) is 4.73. The van der Waals surface area contributed by atoms with Gasteiger partial charge in [-0.1, -0.05) is 46.6 Å². The van der Waals surface area contributed by atoms with E-state index in [1.807, 2.05) is 0 Å². The summed E-state index contributed by atoms with van der Waals surface area (Å²) < 4.78 is 0. The predicted molar refractivity (Wildman–Crippen MR) is 64.3 cm³/mol. The molecule has 81 valence electrons. The van der Waals surface area contributed by atoms with Crippen molar-refractivity contribution in [2.75, 3.05) is 0 Å². The van der Waals surface area contributed by atoms with Gasteiger partial charge in [-0.05, 0) is 40.5 Å². The molecule has 2 rings (SSSR count). The molecule has 0 aromatic carbocycles. The van der Waals surface area contributed by atoms with Crippen LogP contribution in [0.25, 0.3) is 0 Å². The molecule has 2 aliphatic rings. The smallest absolute Gasteiger partial charge is 0 e. The molecule has 0 fully saturated rings. The normalized spacial score (nSPS) is 17.9. The van der Waals surface area contributed by atoms with Gasteiger partial charge in [0.2, 0.25) is 0 Å². The Bertz CT molecular complexity index is 293. The summed E-state index contributed by atoms with van der Waals surface area (Å²) in [5.41, 5.74) is 5.92. The average Bonchev–Trinajstić information content (AvgIpc) is 2.67. The summed E-state index contributed by atoms with van der Waals surface area (Å²) in [4.78, 5) is 0. The van der Waals surface area contributed by atoms with Gasteiger partial charge in [0.15, 0.2) is 0 Å². The minimum atomic E-state index is 0. The zero-order chi connectivity index (χ0) is 10.6. The molecule has 0 nitrogen and oxygen atoms in total. The fourth-order valence-corrected chi connectivity index (χ4v) is 1.43. The van der Waals surface area contributed by atoms with E-state index < -0.39 is 0 Å². The largest absolute Gasteiger partial charge is 0.0802 e. The van der Waals surface area contributed by atoms with Crippen LogP contribution in [0.5, 0.6) is 0 Å². The van der Waals surface area contributed by atoms with Crippen LogP contribution in [0.1, 0.15) is 40.5 Å². The maximum absolute atomic E-state index is 2.20. The van der Waals surface area contributed by atoms with Gasteiger partial charge in [-0.3, -0.25) is 0 Å². The van der Waals surface area contributed by atoms with Gasteiger partial charge in [0, 0.05) is 18.6 Å². The number of allylic oxidation sites excluding steroid dienone is 8. The molecule has 0 unspecified atom stereocenters. The Morgan fingerprint density at radius 1 is 0.733 bits per heavy atom. The van der Waals surface area contributed by atoms with Crippen LogP contribution in [0, 0.1) is 0 Å². The minimum Gasteiger partial charge on any atom is -0.0802 e.